The highest BCUT2D eigenvalue weighted by molar-refractivity contribution is 5.85. The van der Waals surface area contributed by atoms with Gasteiger partial charge in [-0.15, -0.1) is 12.4 Å². The van der Waals surface area contributed by atoms with Crippen molar-refractivity contribution in [2.24, 2.45) is 11.5 Å². The molecule has 0 spiro atoms. The van der Waals surface area contributed by atoms with E-state index in [1.165, 1.54) is 0 Å². The van der Waals surface area contributed by atoms with E-state index in [0.717, 1.165) is 65.0 Å². The van der Waals surface area contributed by atoms with Crippen LogP contribution in [0.25, 0.3) is 0 Å². The third kappa shape index (κ3) is 16.0. The summed E-state index contributed by atoms with van der Waals surface area (Å²) >= 11 is 0. The molecule has 206 valence electrons. The van der Waals surface area contributed by atoms with Gasteiger partial charge in [-0.05, 0) is 38.8 Å². The Morgan fingerprint density at radius 3 is 1.46 bits per heavy atom. The predicted octanol–water partition coefficient (Wildman–Crippen LogP) is -1.11. The quantitative estimate of drug-likeness (QED) is 0.131. The third-order valence-electron chi connectivity index (χ3n) is 5.96. The summed E-state index contributed by atoms with van der Waals surface area (Å²) in [7, 11) is 0. The van der Waals surface area contributed by atoms with Gasteiger partial charge < -0.3 is 42.2 Å². The van der Waals surface area contributed by atoms with Crippen LogP contribution in [0.4, 0.5) is 9.59 Å². The van der Waals surface area contributed by atoms with E-state index in [2.05, 4.69) is 31.1 Å². The van der Waals surface area contributed by atoms with Crippen LogP contribution in [0, 0.1) is 0 Å². The van der Waals surface area contributed by atoms with Crippen molar-refractivity contribution >= 4 is 24.5 Å². The Kier molecular flexibility index (Phi) is 17.8. The minimum Gasteiger partial charge on any atom is -0.378 e. The molecule has 0 aromatic heterocycles. The maximum absolute atomic E-state index is 11.7. The summed E-state index contributed by atoms with van der Waals surface area (Å²) in [5, 5.41) is 11.2. The summed E-state index contributed by atoms with van der Waals surface area (Å²) in [6, 6.07) is 0.178. The first-order valence-corrected chi connectivity index (χ1v) is 12.7. The van der Waals surface area contributed by atoms with E-state index in [1.807, 2.05) is 0 Å². The Morgan fingerprint density at radius 2 is 1.09 bits per heavy atom. The molecule has 2 heterocycles. The van der Waals surface area contributed by atoms with E-state index in [4.69, 9.17) is 20.9 Å². The van der Waals surface area contributed by atoms with Crippen molar-refractivity contribution in [3.63, 3.8) is 0 Å². The van der Waals surface area contributed by atoms with Crippen molar-refractivity contribution in [2.45, 2.75) is 37.8 Å². The van der Waals surface area contributed by atoms with Gasteiger partial charge in [0.2, 0.25) is 0 Å². The van der Waals surface area contributed by atoms with Crippen LogP contribution in [-0.4, -0.2) is 126 Å². The number of amides is 4. The number of halogens is 1. The molecule has 35 heavy (non-hydrogen) atoms. The maximum atomic E-state index is 11.7. The van der Waals surface area contributed by atoms with Gasteiger partial charge in [0.1, 0.15) is 0 Å². The van der Waals surface area contributed by atoms with Crippen LogP contribution in [0.15, 0.2) is 0 Å². The first-order chi connectivity index (χ1) is 16.5. The van der Waals surface area contributed by atoms with Crippen LogP contribution in [-0.2, 0) is 9.47 Å². The van der Waals surface area contributed by atoms with E-state index < -0.39 is 0 Å². The highest BCUT2D eigenvalue weighted by Gasteiger charge is 2.18. The second-order valence-corrected chi connectivity index (χ2v) is 9.00. The Hall–Kier alpha value is -1.41. The van der Waals surface area contributed by atoms with Gasteiger partial charge >= 0.3 is 12.1 Å². The fraction of sp³-hybridized carbons (Fsp3) is 0.909. The SMILES string of the molecule is Cl.N[C@@H]1CCN(CCOCCNC(=O)NCCCCNC(=O)NCCOCCN2CC[C@@H](N)C2)C1. The Bertz CT molecular complexity index is 530. The number of hydrogen-bond acceptors (Lipinski definition) is 8. The Morgan fingerprint density at radius 1 is 0.686 bits per heavy atom. The van der Waals surface area contributed by atoms with Crippen LogP contribution in [0.5, 0.6) is 0 Å². The summed E-state index contributed by atoms with van der Waals surface area (Å²) in [6.45, 7) is 10.1. The zero-order chi connectivity index (χ0) is 24.4. The number of rotatable bonds is 17. The molecule has 2 fully saturated rings. The van der Waals surface area contributed by atoms with E-state index in [9.17, 15) is 9.59 Å². The number of nitrogens with one attached hydrogen (secondary N) is 4. The van der Waals surface area contributed by atoms with Crippen LogP contribution in [0.2, 0.25) is 0 Å². The summed E-state index contributed by atoms with van der Waals surface area (Å²) < 4.78 is 11.1. The minimum atomic E-state index is -0.201. The molecular formula is C22H47ClN8O4. The second kappa shape index (κ2) is 19.7. The van der Waals surface area contributed by atoms with Crippen molar-refractivity contribution in [3.05, 3.63) is 0 Å². The van der Waals surface area contributed by atoms with Gasteiger partial charge in [0, 0.05) is 64.4 Å². The zero-order valence-corrected chi connectivity index (χ0v) is 21.8. The van der Waals surface area contributed by atoms with E-state index in [-0.39, 0.29) is 24.5 Å². The third-order valence-corrected chi connectivity index (χ3v) is 5.96. The molecule has 12 nitrogen and oxygen atoms in total. The van der Waals surface area contributed by atoms with Gasteiger partial charge in [0.15, 0.2) is 0 Å². The molecule has 2 aliphatic rings. The molecule has 2 rings (SSSR count). The monoisotopic (exact) mass is 522 g/mol. The van der Waals surface area contributed by atoms with Crippen molar-refractivity contribution in [1.29, 1.82) is 0 Å². The van der Waals surface area contributed by atoms with Gasteiger partial charge in [-0.25, -0.2) is 9.59 Å². The zero-order valence-electron chi connectivity index (χ0n) is 21.0. The van der Waals surface area contributed by atoms with E-state index in [1.54, 1.807) is 0 Å². The highest BCUT2D eigenvalue weighted by Crippen LogP contribution is 2.06. The lowest BCUT2D eigenvalue weighted by atomic mass is 10.3. The van der Waals surface area contributed by atoms with Crippen LogP contribution < -0.4 is 32.7 Å². The lowest BCUT2D eigenvalue weighted by Crippen LogP contribution is -2.39. The minimum absolute atomic E-state index is 0. The number of likely N-dealkylation sites (tertiary alicyclic amines) is 2. The Balaban J connectivity index is 0.00000612. The number of urea groups is 2. The molecule has 2 aliphatic heterocycles. The van der Waals surface area contributed by atoms with Gasteiger partial charge in [-0.2, -0.15) is 0 Å². The average Bonchev–Trinajstić information content (AvgIpc) is 3.42. The number of carbonyl (C=O) groups is 2. The molecule has 0 radical (unpaired) electrons. The lowest BCUT2D eigenvalue weighted by molar-refractivity contribution is 0.113. The largest absolute Gasteiger partial charge is 0.378 e. The molecule has 4 amide bonds. The maximum Gasteiger partial charge on any atom is 0.314 e. The summed E-state index contributed by atoms with van der Waals surface area (Å²) in [4.78, 5) is 28.1. The molecule has 0 aromatic rings. The molecule has 8 N–H and O–H groups in total. The summed E-state index contributed by atoms with van der Waals surface area (Å²) in [6.07, 6.45) is 3.67. The second-order valence-electron chi connectivity index (χ2n) is 9.00. The highest BCUT2D eigenvalue weighted by atomic mass is 35.5. The van der Waals surface area contributed by atoms with Gasteiger partial charge in [-0.3, -0.25) is 9.80 Å². The molecule has 13 heteroatoms. The number of nitrogens with zero attached hydrogens (tertiary/aromatic N) is 2. The van der Waals surface area contributed by atoms with Crippen LogP contribution in [0.3, 0.4) is 0 Å². The standard InChI is InChI=1S/C22H46N8O4.ClH/c23-19-3-9-29(17-19)11-15-33-13-7-27-21(31)25-5-1-2-6-26-22(32)28-8-14-34-16-12-30-10-4-20(24)18-30;/h19-20H,1-18,23-24H2,(H2,25,27,31)(H2,26,28,32);1H/t19-,20-;/m1./s1. The molecular weight excluding hydrogens is 476 g/mol. The van der Waals surface area contributed by atoms with Crippen LogP contribution >= 0.6 is 12.4 Å². The van der Waals surface area contributed by atoms with Gasteiger partial charge in [-0.1, -0.05) is 0 Å². The fourth-order valence-electron chi connectivity index (χ4n) is 3.98. The first kappa shape index (κ1) is 31.6. The summed E-state index contributed by atoms with van der Waals surface area (Å²) in [5.41, 5.74) is 11.7. The molecule has 0 bridgehead atoms. The van der Waals surface area contributed by atoms with Crippen molar-refractivity contribution in [3.8, 4) is 0 Å². The predicted molar refractivity (Wildman–Crippen MR) is 139 cm³/mol. The number of unbranched alkanes of at least 4 members (excludes halogenated alkanes) is 1. The van der Waals surface area contributed by atoms with E-state index in [0.29, 0.717) is 64.7 Å². The molecule has 2 saturated heterocycles. The number of hydrogen-bond donors (Lipinski definition) is 6. The average molecular weight is 523 g/mol. The van der Waals surface area contributed by atoms with E-state index >= 15 is 0 Å². The van der Waals surface area contributed by atoms with Gasteiger partial charge in [0.05, 0.1) is 26.4 Å². The molecule has 0 aromatic carbocycles. The van der Waals surface area contributed by atoms with Crippen molar-refractivity contribution in [2.75, 3.05) is 91.9 Å². The number of nitrogens with two attached hydrogens (primary N) is 2. The Labute approximate surface area is 215 Å². The first-order valence-electron chi connectivity index (χ1n) is 12.7. The molecule has 0 aliphatic carbocycles. The van der Waals surface area contributed by atoms with Crippen molar-refractivity contribution < 1.29 is 19.1 Å². The molecule has 0 unspecified atom stereocenters. The van der Waals surface area contributed by atoms with Crippen molar-refractivity contribution in [1.82, 2.24) is 31.1 Å². The number of ether oxygens (including phenoxy) is 2. The molecule has 2 atom stereocenters. The lowest BCUT2D eigenvalue weighted by Gasteiger charge is -2.15. The number of carbonyl (C=O) groups excluding carboxylic acids is 2. The molecule has 0 saturated carbocycles. The van der Waals surface area contributed by atoms with Crippen LogP contribution in [0.1, 0.15) is 25.7 Å². The topological polar surface area (TPSA) is 159 Å². The fourth-order valence-corrected chi connectivity index (χ4v) is 3.98. The smallest absolute Gasteiger partial charge is 0.314 e. The normalized spacial score (nSPS) is 20.4. The summed E-state index contributed by atoms with van der Waals surface area (Å²) in [5.74, 6) is 0. The van der Waals surface area contributed by atoms with Gasteiger partial charge in [0.25, 0.3) is 0 Å².